The van der Waals surface area contributed by atoms with Crippen LogP contribution in [0.25, 0.3) is 0 Å². The van der Waals surface area contributed by atoms with Crippen LogP contribution in [-0.2, 0) is 16.0 Å². The quantitative estimate of drug-likeness (QED) is 0.626. The summed E-state index contributed by atoms with van der Waals surface area (Å²) in [5.74, 6) is -0.361. The van der Waals surface area contributed by atoms with Crippen molar-refractivity contribution in [2.75, 3.05) is 13.2 Å². The van der Waals surface area contributed by atoms with Gasteiger partial charge in [0.15, 0.2) is 0 Å². The van der Waals surface area contributed by atoms with Crippen molar-refractivity contribution >= 4 is 23.2 Å². The number of carbonyl (C=O) groups is 2. The van der Waals surface area contributed by atoms with E-state index in [9.17, 15) is 9.59 Å². The molecule has 0 radical (unpaired) electrons. The van der Waals surface area contributed by atoms with Crippen molar-refractivity contribution in [2.45, 2.75) is 26.7 Å². The van der Waals surface area contributed by atoms with Crippen molar-refractivity contribution in [2.24, 2.45) is 0 Å². The van der Waals surface area contributed by atoms with Crippen LogP contribution in [0.1, 0.15) is 32.8 Å². The Labute approximate surface area is 140 Å². The number of amides is 1. The van der Waals surface area contributed by atoms with Gasteiger partial charge in [-0.3, -0.25) is 4.79 Å². The number of hydrogen-bond donors (Lipinski definition) is 1. The summed E-state index contributed by atoms with van der Waals surface area (Å²) in [5, 5.41) is 4.63. The molecule has 1 aromatic heterocycles. The lowest BCUT2D eigenvalue weighted by Crippen LogP contribution is -2.28. The minimum absolute atomic E-state index is 0.0334. The summed E-state index contributed by atoms with van der Waals surface area (Å²) in [5.41, 5.74) is 3.27. The molecule has 0 aliphatic heterocycles. The first-order valence-electron chi connectivity index (χ1n) is 7.59. The summed E-state index contributed by atoms with van der Waals surface area (Å²) in [6.07, 6.45) is 1.14. The van der Waals surface area contributed by atoms with Gasteiger partial charge in [0.25, 0.3) is 0 Å². The minimum Gasteiger partial charge on any atom is -0.460 e. The van der Waals surface area contributed by atoms with Gasteiger partial charge in [0.1, 0.15) is 11.5 Å². The molecule has 5 heteroatoms. The number of aryl methyl sites for hydroxylation is 3. The highest BCUT2D eigenvalue weighted by Gasteiger charge is 2.11. The topological polar surface area (TPSA) is 55.4 Å². The molecule has 1 amide bonds. The number of carbonyl (C=O) groups excluding carboxylic acids is 2. The number of rotatable bonds is 7. The molecule has 0 spiro atoms. The van der Waals surface area contributed by atoms with Crippen LogP contribution in [0.15, 0.2) is 35.7 Å². The van der Waals surface area contributed by atoms with Gasteiger partial charge >= 0.3 is 5.97 Å². The number of thiophene rings is 1. The third kappa shape index (κ3) is 5.53. The van der Waals surface area contributed by atoms with Crippen LogP contribution in [0.4, 0.5) is 0 Å². The van der Waals surface area contributed by atoms with Gasteiger partial charge in [-0.25, -0.2) is 4.79 Å². The summed E-state index contributed by atoms with van der Waals surface area (Å²) in [6.45, 7) is 4.44. The molecule has 0 bridgehead atoms. The average Bonchev–Trinajstić information content (AvgIpc) is 2.97. The zero-order valence-electron chi connectivity index (χ0n) is 13.4. The molecule has 1 aromatic carbocycles. The van der Waals surface area contributed by atoms with Crippen molar-refractivity contribution in [3.05, 3.63) is 57.3 Å². The highest BCUT2D eigenvalue weighted by atomic mass is 32.1. The van der Waals surface area contributed by atoms with Crippen LogP contribution < -0.4 is 5.32 Å². The molecule has 23 heavy (non-hydrogen) atoms. The van der Waals surface area contributed by atoms with E-state index in [0.29, 0.717) is 24.3 Å². The Balaban J connectivity index is 1.62. The lowest BCUT2D eigenvalue weighted by molar-refractivity contribution is -0.121. The third-order valence-corrected chi connectivity index (χ3v) is 4.46. The molecule has 0 atom stereocenters. The molecular formula is C18H21NO3S. The molecule has 2 aromatic rings. The molecule has 0 unspecified atom stereocenters. The van der Waals surface area contributed by atoms with Crippen molar-refractivity contribution in [1.82, 2.24) is 5.32 Å². The molecule has 1 N–H and O–H groups in total. The van der Waals surface area contributed by atoms with Crippen molar-refractivity contribution < 1.29 is 14.3 Å². The van der Waals surface area contributed by atoms with E-state index >= 15 is 0 Å². The maximum atomic E-state index is 11.8. The molecule has 4 nitrogen and oxygen atoms in total. The number of esters is 1. The van der Waals surface area contributed by atoms with Crippen LogP contribution >= 0.6 is 11.3 Å². The summed E-state index contributed by atoms with van der Waals surface area (Å²) < 4.78 is 5.15. The second-order valence-corrected chi connectivity index (χ2v) is 6.32. The van der Waals surface area contributed by atoms with Gasteiger partial charge in [-0.05, 0) is 42.8 Å². The van der Waals surface area contributed by atoms with Crippen molar-refractivity contribution in [3.63, 3.8) is 0 Å². The van der Waals surface area contributed by atoms with E-state index in [1.165, 1.54) is 16.9 Å². The lowest BCUT2D eigenvalue weighted by Gasteiger charge is -2.07. The number of benzene rings is 1. The highest BCUT2D eigenvalue weighted by Crippen LogP contribution is 2.16. The summed E-state index contributed by atoms with van der Waals surface area (Å²) >= 11 is 1.37. The summed E-state index contributed by atoms with van der Waals surface area (Å²) in [7, 11) is 0. The lowest BCUT2D eigenvalue weighted by atomic mass is 10.1. The van der Waals surface area contributed by atoms with E-state index in [-0.39, 0.29) is 18.5 Å². The Bertz CT molecular complexity index is 661. The molecule has 0 fully saturated rings. The predicted octanol–water partition coefficient (Wildman–Crippen LogP) is 3.27. The maximum absolute atomic E-state index is 11.8. The van der Waals surface area contributed by atoms with Crippen molar-refractivity contribution in [3.8, 4) is 0 Å². The van der Waals surface area contributed by atoms with E-state index in [1.807, 2.05) is 49.6 Å². The zero-order chi connectivity index (χ0) is 16.7. The number of hydrogen-bond acceptors (Lipinski definition) is 4. The first kappa shape index (κ1) is 17.2. The molecule has 0 aliphatic rings. The fraction of sp³-hybridized carbons (Fsp3) is 0.333. The van der Waals surface area contributed by atoms with Gasteiger partial charge in [-0.1, -0.05) is 29.8 Å². The fourth-order valence-corrected chi connectivity index (χ4v) is 2.90. The van der Waals surface area contributed by atoms with E-state index in [0.717, 1.165) is 11.1 Å². The normalized spacial score (nSPS) is 10.3. The number of ether oxygens (including phenoxy) is 1. The second kappa shape index (κ2) is 8.48. The summed E-state index contributed by atoms with van der Waals surface area (Å²) in [4.78, 5) is 24.2. The van der Waals surface area contributed by atoms with E-state index < -0.39 is 0 Å². The van der Waals surface area contributed by atoms with Gasteiger partial charge in [-0.15, -0.1) is 11.3 Å². The Hall–Kier alpha value is -2.14. The Morgan fingerprint density at radius 2 is 1.87 bits per heavy atom. The largest absolute Gasteiger partial charge is 0.460 e. The first-order chi connectivity index (χ1) is 11.1. The van der Waals surface area contributed by atoms with Crippen LogP contribution in [-0.4, -0.2) is 25.0 Å². The average molecular weight is 331 g/mol. The van der Waals surface area contributed by atoms with E-state index in [4.69, 9.17) is 4.74 Å². The van der Waals surface area contributed by atoms with Gasteiger partial charge in [-0.2, -0.15) is 0 Å². The van der Waals surface area contributed by atoms with Crippen LogP contribution in [0.3, 0.4) is 0 Å². The fourth-order valence-electron chi connectivity index (χ4n) is 2.08. The predicted molar refractivity (Wildman–Crippen MR) is 91.8 cm³/mol. The minimum atomic E-state index is -0.327. The molecule has 0 saturated heterocycles. The monoisotopic (exact) mass is 331 g/mol. The smallest absolute Gasteiger partial charge is 0.348 e. The standard InChI is InChI=1S/C18H21NO3S/c1-13-3-5-15(6-4-13)7-8-16(20)19-10-11-22-18(21)17-14(2)9-12-23-17/h3-6,9,12H,7-8,10-11H2,1-2H3,(H,19,20). The molecule has 1 heterocycles. The number of nitrogens with one attached hydrogen (secondary N) is 1. The summed E-state index contributed by atoms with van der Waals surface area (Å²) in [6, 6.07) is 10.0. The van der Waals surface area contributed by atoms with Gasteiger partial charge < -0.3 is 10.1 Å². The van der Waals surface area contributed by atoms with Crippen molar-refractivity contribution in [1.29, 1.82) is 0 Å². The Morgan fingerprint density at radius 3 is 2.52 bits per heavy atom. The van der Waals surface area contributed by atoms with Gasteiger partial charge in [0.05, 0.1) is 6.54 Å². The molecule has 122 valence electrons. The van der Waals surface area contributed by atoms with Gasteiger partial charge in [0, 0.05) is 6.42 Å². The van der Waals surface area contributed by atoms with Crippen LogP contribution in [0.5, 0.6) is 0 Å². The second-order valence-electron chi connectivity index (χ2n) is 5.40. The van der Waals surface area contributed by atoms with Crippen LogP contribution in [0.2, 0.25) is 0 Å². The SMILES string of the molecule is Cc1ccc(CCC(=O)NCCOC(=O)c2sccc2C)cc1. The molecular weight excluding hydrogens is 310 g/mol. The molecule has 0 aliphatic carbocycles. The maximum Gasteiger partial charge on any atom is 0.348 e. The zero-order valence-corrected chi connectivity index (χ0v) is 14.2. The van der Waals surface area contributed by atoms with Crippen LogP contribution in [0, 0.1) is 13.8 Å². The Morgan fingerprint density at radius 1 is 1.13 bits per heavy atom. The van der Waals surface area contributed by atoms with Gasteiger partial charge in [0.2, 0.25) is 5.91 Å². The third-order valence-electron chi connectivity index (χ3n) is 3.47. The first-order valence-corrected chi connectivity index (χ1v) is 8.47. The highest BCUT2D eigenvalue weighted by molar-refractivity contribution is 7.12. The molecule has 2 rings (SSSR count). The van der Waals surface area contributed by atoms with E-state index in [1.54, 1.807) is 0 Å². The Kier molecular flexibility index (Phi) is 6.35. The molecule has 0 saturated carbocycles. The van der Waals surface area contributed by atoms with E-state index in [2.05, 4.69) is 5.32 Å².